The highest BCUT2D eigenvalue weighted by Gasteiger charge is 2.17. The Labute approximate surface area is 143 Å². The van der Waals surface area contributed by atoms with Crippen molar-refractivity contribution in [3.63, 3.8) is 0 Å². The van der Waals surface area contributed by atoms with Crippen molar-refractivity contribution in [3.8, 4) is 11.5 Å². The third-order valence-electron chi connectivity index (χ3n) is 2.64. The number of rotatable bonds is 4. The van der Waals surface area contributed by atoms with Crippen LogP contribution in [0.1, 0.15) is 20.7 Å². The van der Waals surface area contributed by atoms with Crippen molar-refractivity contribution < 1.29 is 19.1 Å². The van der Waals surface area contributed by atoms with Crippen LogP contribution >= 0.6 is 38.5 Å². The Hall–Kier alpha value is -1.41. The fraction of sp³-hybridized carbons (Fsp3) is 0.0667. The van der Waals surface area contributed by atoms with Crippen molar-refractivity contribution in [2.45, 2.75) is 0 Å². The number of ether oxygens (including phenoxy) is 2. The molecule has 0 fully saturated rings. The first-order valence-corrected chi connectivity index (χ1v) is 7.72. The second kappa shape index (κ2) is 7.04. The van der Waals surface area contributed by atoms with E-state index < -0.39 is 5.97 Å². The van der Waals surface area contributed by atoms with E-state index in [-0.39, 0.29) is 0 Å². The fourth-order valence-corrected chi connectivity index (χ4v) is 2.81. The van der Waals surface area contributed by atoms with Gasteiger partial charge in [0.25, 0.3) is 0 Å². The first kappa shape index (κ1) is 16.0. The van der Waals surface area contributed by atoms with Crippen LogP contribution in [0.25, 0.3) is 0 Å². The molecule has 108 valence electrons. The maximum Gasteiger partial charge on any atom is 0.343 e. The van der Waals surface area contributed by atoms with E-state index in [4.69, 9.17) is 9.47 Å². The lowest BCUT2D eigenvalue weighted by Crippen LogP contribution is -2.10. The van der Waals surface area contributed by atoms with Crippen molar-refractivity contribution >= 4 is 50.8 Å². The van der Waals surface area contributed by atoms with Gasteiger partial charge < -0.3 is 9.47 Å². The summed E-state index contributed by atoms with van der Waals surface area (Å²) >= 11 is 5.30. The Morgan fingerprint density at radius 1 is 1.29 bits per heavy atom. The van der Waals surface area contributed by atoms with Crippen molar-refractivity contribution in [1.82, 2.24) is 0 Å². The molecular formula is C15H10BrIO4. The van der Waals surface area contributed by atoms with E-state index in [1.165, 1.54) is 13.2 Å². The van der Waals surface area contributed by atoms with Crippen LogP contribution in [0.5, 0.6) is 11.5 Å². The van der Waals surface area contributed by atoms with Crippen LogP contribution in [-0.2, 0) is 0 Å². The number of halogens is 2. The topological polar surface area (TPSA) is 52.6 Å². The number of methoxy groups -OCH3 is 1. The summed E-state index contributed by atoms with van der Waals surface area (Å²) < 4.78 is 12.0. The fourth-order valence-electron chi connectivity index (χ4n) is 1.67. The molecular weight excluding hydrogens is 451 g/mol. The predicted octanol–water partition coefficient (Wildman–Crippen LogP) is 4.09. The third-order valence-corrected chi connectivity index (χ3v) is 3.94. The standard InChI is InChI=1S/C15H10BrIO4/c1-20-13-6-9(8-18)5-12(17)14(13)21-15(19)10-3-2-4-11(16)7-10/h2-8H,1H3. The summed E-state index contributed by atoms with van der Waals surface area (Å²) in [5.74, 6) is 0.146. The SMILES string of the molecule is COc1cc(C=O)cc(I)c1OC(=O)c1cccc(Br)c1. The van der Waals surface area contributed by atoms with Gasteiger partial charge in [0, 0.05) is 10.0 Å². The number of carbonyl (C=O) groups is 2. The van der Waals surface area contributed by atoms with E-state index in [1.807, 2.05) is 28.7 Å². The van der Waals surface area contributed by atoms with E-state index in [9.17, 15) is 9.59 Å². The molecule has 2 aromatic rings. The first-order chi connectivity index (χ1) is 10.0. The summed E-state index contributed by atoms with van der Waals surface area (Å²) in [5.41, 5.74) is 0.875. The highest BCUT2D eigenvalue weighted by molar-refractivity contribution is 14.1. The van der Waals surface area contributed by atoms with Gasteiger partial charge in [-0.1, -0.05) is 22.0 Å². The zero-order chi connectivity index (χ0) is 15.4. The largest absolute Gasteiger partial charge is 0.493 e. The summed E-state index contributed by atoms with van der Waals surface area (Å²) in [7, 11) is 1.45. The highest BCUT2D eigenvalue weighted by Crippen LogP contribution is 2.34. The highest BCUT2D eigenvalue weighted by atomic mass is 127. The molecule has 0 atom stereocenters. The van der Waals surface area contributed by atoms with E-state index in [2.05, 4.69) is 15.9 Å². The van der Waals surface area contributed by atoms with Crippen LogP contribution in [-0.4, -0.2) is 19.4 Å². The normalized spacial score (nSPS) is 10.0. The molecule has 0 aromatic heterocycles. The quantitative estimate of drug-likeness (QED) is 0.298. The van der Waals surface area contributed by atoms with E-state index in [0.717, 1.165) is 4.47 Å². The molecule has 2 aromatic carbocycles. The van der Waals surface area contributed by atoms with Gasteiger partial charge in [0.15, 0.2) is 11.5 Å². The van der Waals surface area contributed by atoms with Gasteiger partial charge >= 0.3 is 5.97 Å². The summed E-state index contributed by atoms with van der Waals surface area (Å²) in [6.07, 6.45) is 0.713. The van der Waals surface area contributed by atoms with Gasteiger partial charge in [0.1, 0.15) is 6.29 Å². The minimum absolute atomic E-state index is 0.300. The molecule has 0 N–H and O–H groups in total. The lowest BCUT2D eigenvalue weighted by Gasteiger charge is -2.12. The molecule has 0 radical (unpaired) electrons. The van der Waals surface area contributed by atoms with E-state index in [0.29, 0.717) is 32.5 Å². The maximum absolute atomic E-state index is 12.2. The lowest BCUT2D eigenvalue weighted by atomic mass is 10.2. The molecule has 0 bridgehead atoms. The Morgan fingerprint density at radius 3 is 2.67 bits per heavy atom. The molecule has 0 aliphatic carbocycles. The number of hydrogen-bond donors (Lipinski definition) is 0. The zero-order valence-corrected chi connectivity index (χ0v) is 14.7. The number of carbonyl (C=O) groups excluding carboxylic acids is 2. The number of esters is 1. The van der Waals surface area contributed by atoms with Gasteiger partial charge in [-0.25, -0.2) is 4.79 Å². The Bertz CT molecular complexity index is 700. The second-order valence-electron chi connectivity index (χ2n) is 4.05. The molecule has 0 saturated carbocycles. The van der Waals surface area contributed by atoms with Crippen LogP contribution in [0.2, 0.25) is 0 Å². The molecule has 0 aliphatic heterocycles. The third kappa shape index (κ3) is 3.82. The van der Waals surface area contributed by atoms with Gasteiger partial charge in [-0.3, -0.25) is 4.79 Å². The molecule has 2 rings (SSSR count). The van der Waals surface area contributed by atoms with Crippen molar-refractivity contribution in [2.75, 3.05) is 7.11 Å². The lowest BCUT2D eigenvalue weighted by molar-refractivity contribution is 0.0728. The number of aldehydes is 1. The summed E-state index contributed by atoms with van der Waals surface area (Å²) in [5, 5.41) is 0. The van der Waals surface area contributed by atoms with E-state index in [1.54, 1.807) is 24.3 Å². The number of benzene rings is 2. The average molecular weight is 461 g/mol. The van der Waals surface area contributed by atoms with Crippen LogP contribution < -0.4 is 9.47 Å². The van der Waals surface area contributed by atoms with Crippen molar-refractivity contribution in [3.05, 3.63) is 55.6 Å². The van der Waals surface area contributed by atoms with Gasteiger partial charge in [-0.15, -0.1) is 0 Å². The molecule has 0 heterocycles. The zero-order valence-electron chi connectivity index (χ0n) is 10.9. The van der Waals surface area contributed by atoms with E-state index >= 15 is 0 Å². The van der Waals surface area contributed by atoms with Crippen molar-refractivity contribution in [2.24, 2.45) is 0 Å². The van der Waals surface area contributed by atoms with Crippen LogP contribution in [0.15, 0.2) is 40.9 Å². The average Bonchev–Trinajstić information content (AvgIpc) is 2.48. The van der Waals surface area contributed by atoms with Gasteiger partial charge in [-0.2, -0.15) is 0 Å². The molecule has 0 amide bonds. The second-order valence-corrected chi connectivity index (χ2v) is 6.13. The van der Waals surface area contributed by atoms with Crippen LogP contribution in [0.3, 0.4) is 0 Å². The summed E-state index contributed by atoms with van der Waals surface area (Å²) in [6.45, 7) is 0. The molecule has 6 heteroatoms. The molecule has 0 spiro atoms. The van der Waals surface area contributed by atoms with Crippen LogP contribution in [0, 0.1) is 3.57 Å². The predicted molar refractivity (Wildman–Crippen MR) is 90.2 cm³/mol. The van der Waals surface area contributed by atoms with Gasteiger partial charge in [0.05, 0.1) is 16.2 Å². The molecule has 0 unspecified atom stereocenters. The first-order valence-electron chi connectivity index (χ1n) is 5.85. The monoisotopic (exact) mass is 460 g/mol. The minimum atomic E-state index is -0.494. The minimum Gasteiger partial charge on any atom is -0.493 e. The maximum atomic E-state index is 12.2. The number of hydrogen-bond acceptors (Lipinski definition) is 4. The summed E-state index contributed by atoms with van der Waals surface area (Å²) in [6, 6.07) is 10.0. The molecule has 0 aliphatic rings. The molecule has 21 heavy (non-hydrogen) atoms. The Morgan fingerprint density at radius 2 is 2.05 bits per heavy atom. The van der Waals surface area contributed by atoms with Crippen molar-refractivity contribution in [1.29, 1.82) is 0 Å². The van der Waals surface area contributed by atoms with Gasteiger partial charge in [0.2, 0.25) is 0 Å². The molecule has 4 nitrogen and oxygen atoms in total. The summed E-state index contributed by atoms with van der Waals surface area (Å²) in [4.78, 5) is 23.0. The Kier molecular flexibility index (Phi) is 5.35. The van der Waals surface area contributed by atoms with Gasteiger partial charge in [-0.05, 0) is 52.9 Å². The van der Waals surface area contributed by atoms with Crippen LogP contribution in [0.4, 0.5) is 0 Å². The smallest absolute Gasteiger partial charge is 0.343 e. The Balaban J connectivity index is 2.35. The molecule has 0 saturated heterocycles.